The second-order valence-corrected chi connectivity index (χ2v) is 6.36. The Balaban J connectivity index is 1.48. The molecule has 0 aliphatic carbocycles. The molecular formula is C21H18N2O4. The molecule has 0 saturated carbocycles. The van der Waals surface area contributed by atoms with Gasteiger partial charge in [-0.1, -0.05) is 29.8 Å². The number of nitrogens with zero attached hydrogens (tertiary/aromatic N) is 1. The van der Waals surface area contributed by atoms with Gasteiger partial charge in [0.15, 0.2) is 11.5 Å². The first-order chi connectivity index (χ1) is 13.1. The first kappa shape index (κ1) is 16.9. The fourth-order valence-electron chi connectivity index (χ4n) is 2.93. The van der Waals surface area contributed by atoms with Crippen LogP contribution in [0.5, 0.6) is 11.5 Å². The molecule has 6 heteroatoms. The Hall–Kier alpha value is -3.54. The van der Waals surface area contributed by atoms with E-state index in [2.05, 4.69) is 5.32 Å². The summed E-state index contributed by atoms with van der Waals surface area (Å²) in [5.74, 6) is -0.128. The number of hydrogen-bond acceptors (Lipinski definition) is 4. The maximum absolute atomic E-state index is 12.6. The normalized spacial score (nSPS) is 12.0. The van der Waals surface area contributed by atoms with Gasteiger partial charge >= 0.3 is 0 Å². The highest BCUT2D eigenvalue weighted by molar-refractivity contribution is 6.46. The molecule has 27 heavy (non-hydrogen) atoms. The highest BCUT2D eigenvalue weighted by atomic mass is 16.7. The number of amides is 1. The molecule has 0 bridgehead atoms. The van der Waals surface area contributed by atoms with Crippen molar-refractivity contribution < 1.29 is 19.1 Å². The summed E-state index contributed by atoms with van der Waals surface area (Å²) in [6, 6.07) is 16.5. The molecule has 6 nitrogen and oxygen atoms in total. The fourth-order valence-corrected chi connectivity index (χ4v) is 2.93. The van der Waals surface area contributed by atoms with Crippen LogP contribution in [0.1, 0.15) is 21.6 Å². The van der Waals surface area contributed by atoms with Gasteiger partial charge < -0.3 is 19.4 Å². The van der Waals surface area contributed by atoms with Gasteiger partial charge in [-0.05, 0) is 36.8 Å². The topological polar surface area (TPSA) is 69.6 Å². The van der Waals surface area contributed by atoms with Crippen molar-refractivity contribution in [2.75, 3.05) is 12.1 Å². The zero-order valence-electron chi connectivity index (χ0n) is 14.8. The lowest BCUT2D eigenvalue weighted by Crippen LogP contribution is -2.25. The Labute approximate surface area is 156 Å². The second-order valence-electron chi connectivity index (χ2n) is 6.36. The van der Waals surface area contributed by atoms with Gasteiger partial charge in [0.1, 0.15) is 0 Å². The van der Waals surface area contributed by atoms with E-state index in [1.807, 2.05) is 31.2 Å². The maximum atomic E-state index is 12.6. The Morgan fingerprint density at radius 2 is 1.81 bits per heavy atom. The zero-order chi connectivity index (χ0) is 18.8. The van der Waals surface area contributed by atoms with Gasteiger partial charge in [-0.25, -0.2) is 0 Å². The van der Waals surface area contributed by atoms with Crippen molar-refractivity contribution >= 4 is 17.4 Å². The average Bonchev–Trinajstić information content (AvgIpc) is 3.31. The van der Waals surface area contributed by atoms with E-state index in [9.17, 15) is 9.59 Å². The summed E-state index contributed by atoms with van der Waals surface area (Å²) in [4.78, 5) is 25.0. The number of hydrogen-bond donors (Lipinski definition) is 1. The third-order valence-electron chi connectivity index (χ3n) is 4.37. The van der Waals surface area contributed by atoms with E-state index in [-0.39, 0.29) is 6.79 Å². The van der Waals surface area contributed by atoms with Crippen LogP contribution < -0.4 is 14.8 Å². The molecule has 0 saturated heterocycles. The van der Waals surface area contributed by atoms with Gasteiger partial charge in [-0.2, -0.15) is 0 Å². The van der Waals surface area contributed by atoms with Crippen LogP contribution in [0.4, 0.5) is 5.69 Å². The Kier molecular flexibility index (Phi) is 4.38. The summed E-state index contributed by atoms with van der Waals surface area (Å²) in [7, 11) is 0. The minimum atomic E-state index is -0.697. The molecule has 4 rings (SSSR count). The number of ether oxygens (including phenoxy) is 2. The van der Waals surface area contributed by atoms with Crippen LogP contribution in [0.25, 0.3) is 0 Å². The minimum Gasteiger partial charge on any atom is -0.454 e. The number of aromatic nitrogens is 1. The lowest BCUT2D eigenvalue weighted by atomic mass is 10.1. The number of ketones is 1. The number of aryl methyl sites for hydroxylation is 1. The Morgan fingerprint density at radius 3 is 2.63 bits per heavy atom. The van der Waals surface area contributed by atoms with Crippen molar-refractivity contribution in [2.45, 2.75) is 13.5 Å². The molecule has 0 spiro atoms. The molecule has 1 aliphatic rings. The second kappa shape index (κ2) is 6.99. The SMILES string of the molecule is Cc1ccc(Cn2cccc2C(=O)C(=O)Nc2ccc3c(c2)OCO3)cc1. The fraction of sp³-hybridized carbons (Fsp3) is 0.143. The molecule has 0 unspecified atom stereocenters. The van der Waals surface area contributed by atoms with Crippen LogP contribution in [0.2, 0.25) is 0 Å². The van der Waals surface area contributed by atoms with E-state index < -0.39 is 11.7 Å². The van der Waals surface area contributed by atoms with Crippen LogP contribution in [0.3, 0.4) is 0 Å². The molecule has 1 amide bonds. The van der Waals surface area contributed by atoms with Gasteiger partial charge in [0.2, 0.25) is 6.79 Å². The average molecular weight is 362 g/mol. The molecular weight excluding hydrogens is 344 g/mol. The molecule has 2 aromatic carbocycles. The lowest BCUT2D eigenvalue weighted by Gasteiger charge is -2.10. The predicted octanol–water partition coefficient (Wildman–Crippen LogP) is 3.39. The van der Waals surface area contributed by atoms with Crippen molar-refractivity contribution in [3.8, 4) is 11.5 Å². The molecule has 0 atom stereocenters. The number of carbonyl (C=O) groups is 2. The summed E-state index contributed by atoms with van der Waals surface area (Å²) >= 11 is 0. The molecule has 136 valence electrons. The van der Waals surface area contributed by atoms with Crippen molar-refractivity contribution in [2.24, 2.45) is 0 Å². The zero-order valence-corrected chi connectivity index (χ0v) is 14.8. The van der Waals surface area contributed by atoms with Gasteiger partial charge in [0.25, 0.3) is 11.7 Å². The third-order valence-corrected chi connectivity index (χ3v) is 4.37. The van der Waals surface area contributed by atoms with E-state index in [4.69, 9.17) is 9.47 Å². The highest BCUT2D eigenvalue weighted by Gasteiger charge is 2.21. The van der Waals surface area contributed by atoms with Crippen LogP contribution in [0, 0.1) is 6.92 Å². The summed E-state index contributed by atoms with van der Waals surface area (Å²) < 4.78 is 12.3. The predicted molar refractivity (Wildman–Crippen MR) is 100 cm³/mol. The number of carbonyl (C=O) groups excluding carboxylic acids is 2. The van der Waals surface area contributed by atoms with Gasteiger partial charge in [0, 0.05) is 24.5 Å². The van der Waals surface area contributed by atoms with Crippen LogP contribution in [0.15, 0.2) is 60.8 Å². The van der Waals surface area contributed by atoms with Crippen molar-refractivity contribution in [3.05, 3.63) is 77.6 Å². The first-order valence-corrected chi connectivity index (χ1v) is 8.56. The lowest BCUT2D eigenvalue weighted by molar-refractivity contribution is -0.112. The van der Waals surface area contributed by atoms with Crippen LogP contribution in [-0.2, 0) is 11.3 Å². The molecule has 1 aromatic heterocycles. The Morgan fingerprint density at radius 1 is 1.04 bits per heavy atom. The first-order valence-electron chi connectivity index (χ1n) is 8.56. The number of nitrogens with one attached hydrogen (secondary N) is 1. The molecule has 1 aliphatic heterocycles. The summed E-state index contributed by atoms with van der Waals surface area (Å²) in [6.07, 6.45) is 1.79. The van der Waals surface area contributed by atoms with Crippen LogP contribution >= 0.6 is 0 Å². The van der Waals surface area contributed by atoms with E-state index in [1.165, 1.54) is 5.56 Å². The minimum absolute atomic E-state index is 0.151. The maximum Gasteiger partial charge on any atom is 0.298 e. The van der Waals surface area contributed by atoms with Crippen molar-refractivity contribution in [1.82, 2.24) is 4.57 Å². The number of fused-ring (bicyclic) bond motifs is 1. The Bertz CT molecular complexity index is 1010. The molecule has 3 aromatic rings. The number of Topliss-reactive ketones (excluding diaryl/α,β-unsaturated/α-hetero) is 1. The van der Waals surface area contributed by atoms with E-state index >= 15 is 0 Å². The molecule has 0 radical (unpaired) electrons. The van der Waals surface area contributed by atoms with Gasteiger partial charge in [-0.15, -0.1) is 0 Å². The standard InChI is InChI=1S/C21H18N2O4/c1-14-4-6-15(7-5-14)12-23-10-2-3-17(23)20(24)21(25)22-16-8-9-18-19(11-16)27-13-26-18/h2-11H,12-13H2,1H3,(H,22,25). The smallest absolute Gasteiger partial charge is 0.298 e. The summed E-state index contributed by atoms with van der Waals surface area (Å²) in [5, 5.41) is 2.62. The van der Waals surface area contributed by atoms with Gasteiger partial charge in [0.05, 0.1) is 5.69 Å². The number of rotatable bonds is 5. The summed E-state index contributed by atoms with van der Waals surface area (Å²) in [6.45, 7) is 2.69. The summed E-state index contributed by atoms with van der Waals surface area (Å²) in [5.41, 5.74) is 3.05. The third kappa shape index (κ3) is 3.55. The number of anilines is 1. The molecule has 1 N–H and O–H groups in total. The van der Waals surface area contributed by atoms with E-state index in [1.54, 1.807) is 41.1 Å². The van der Waals surface area contributed by atoms with Crippen molar-refractivity contribution in [3.63, 3.8) is 0 Å². The van der Waals surface area contributed by atoms with Gasteiger partial charge in [-0.3, -0.25) is 9.59 Å². The van der Waals surface area contributed by atoms with E-state index in [0.717, 1.165) is 5.56 Å². The molecule has 2 heterocycles. The monoisotopic (exact) mass is 362 g/mol. The van der Waals surface area contributed by atoms with Crippen LogP contribution in [-0.4, -0.2) is 23.1 Å². The quantitative estimate of drug-likeness (QED) is 0.558. The van der Waals surface area contributed by atoms with Crippen molar-refractivity contribution in [1.29, 1.82) is 0 Å². The van der Waals surface area contributed by atoms with E-state index in [0.29, 0.717) is 29.4 Å². The molecule has 0 fully saturated rings. The number of benzene rings is 2. The highest BCUT2D eigenvalue weighted by Crippen LogP contribution is 2.34. The largest absolute Gasteiger partial charge is 0.454 e.